The van der Waals surface area contributed by atoms with E-state index in [0.29, 0.717) is 13.0 Å². The van der Waals surface area contributed by atoms with E-state index in [4.69, 9.17) is 0 Å². The number of anilines is 1. The van der Waals surface area contributed by atoms with Gasteiger partial charge in [-0.2, -0.15) is 0 Å². The van der Waals surface area contributed by atoms with Crippen molar-refractivity contribution in [2.24, 2.45) is 0 Å². The van der Waals surface area contributed by atoms with Gasteiger partial charge in [0.2, 0.25) is 5.91 Å². The molecular formula is C12H17BrN2O. The molecular weight excluding hydrogens is 268 g/mol. The lowest BCUT2D eigenvalue weighted by molar-refractivity contribution is -0.116. The highest BCUT2D eigenvalue weighted by Crippen LogP contribution is 2.25. The van der Waals surface area contributed by atoms with Crippen LogP contribution in [0.5, 0.6) is 0 Å². The smallest absolute Gasteiger partial charge is 0.225 e. The average Bonchev–Trinajstić information content (AvgIpc) is 2.25. The summed E-state index contributed by atoms with van der Waals surface area (Å²) in [6.45, 7) is 5.63. The van der Waals surface area contributed by atoms with Crippen LogP contribution in [-0.4, -0.2) is 19.0 Å². The van der Waals surface area contributed by atoms with Crippen molar-refractivity contribution in [1.82, 2.24) is 5.32 Å². The lowest BCUT2D eigenvalue weighted by atomic mass is 10.2. The molecule has 0 spiro atoms. The van der Waals surface area contributed by atoms with Crippen LogP contribution in [0.15, 0.2) is 22.7 Å². The Morgan fingerprint density at radius 2 is 2.19 bits per heavy atom. The molecule has 1 amide bonds. The number of halogens is 1. The Hall–Kier alpha value is -0.870. The standard InChI is InChI=1S/C12H17BrN2O/c1-3-14-8-7-11(16)15-10-6-4-5-9(2)12(10)13/h4-6,14H,3,7-8H2,1-2H3,(H,15,16). The van der Waals surface area contributed by atoms with Gasteiger partial charge in [-0.25, -0.2) is 0 Å². The number of nitrogens with one attached hydrogen (secondary N) is 2. The maximum absolute atomic E-state index is 11.6. The van der Waals surface area contributed by atoms with Crippen molar-refractivity contribution >= 4 is 27.5 Å². The molecule has 1 rings (SSSR count). The zero-order chi connectivity index (χ0) is 12.0. The van der Waals surface area contributed by atoms with Crippen LogP contribution in [0.1, 0.15) is 18.9 Å². The van der Waals surface area contributed by atoms with Crippen LogP contribution in [0, 0.1) is 6.92 Å². The molecule has 0 radical (unpaired) electrons. The van der Waals surface area contributed by atoms with Crippen molar-refractivity contribution in [2.75, 3.05) is 18.4 Å². The fourth-order valence-corrected chi connectivity index (χ4v) is 1.70. The van der Waals surface area contributed by atoms with Crippen molar-refractivity contribution in [3.8, 4) is 0 Å². The summed E-state index contributed by atoms with van der Waals surface area (Å²) in [7, 11) is 0. The fraction of sp³-hybridized carbons (Fsp3) is 0.417. The van der Waals surface area contributed by atoms with Crippen LogP contribution >= 0.6 is 15.9 Å². The monoisotopic (exact) mass is 284 g/mol. The third-order valence-electron chi connectivity index (χ3n) is 2.24. The third kappa shape index (κ3) is 3.94. The molecule has 0 saturated carbocycles. The Morgan fingerprint density at radius 1 is 1.44 bits per heavy atom. The molecule has 1 aromatic rings. The van der Waals surface area contributed by atoms with E-state index in [9.17, 15) is 4.79 Å². The van der Waals surface area contributed by atoms with Crippen LogP contribution < -0.4 is 10.6 Å². The molecule has 0 unspecified atom stereocenters. The van der Waals surface area contributed by atoms with Crippen LogP contribution in [0.3, 0.4) is 0 Å². The fourth-order valence-electron chi connectivity index (χ4n) is 1.34. The molecule has 0 heterocycles. The normalized spacial score (nSPS) is 10.2. The van der Waals surface area contributed by atoms with Crippen LogP contribution in [0.2, 0.25) is 0 Å². The first-order valence-corrected chi connectivity index (χ1v) is 6.20. The van der Waals surface area contributed by atoms with E-state index in [1.165, 1.54) is 0 Å². The molecule has 0 atom stereocenters. The van der Waals surface area contributed by atoms with Crippen molar-refractivity contribution in [3.05, 3.63) is 28.2 Å². The van der Waals surface area contributed by atoms with Gasteiger partial charge in [-0.3, -0.25) is 4.79 Å². The second-order valence-corrected chi connectivity index (χ2v) is 4.38. The van der Waals surface area contributed by atoms with E-state index in [0.717, 1.165) is 22.3 Å². The molecule has 0 aliphatic carbocycles. The molecule has 0 fully saturated rings. The largest absolute Gasteiger partial charge is 0.325 e. The first-order valence-electron chi connectivity index (χ1n) is 5.40. The first kappa shape index (κ1) is 13.2. The van der Waals surface area contributed by atoms with E-state index in [-0.39, 0.29) is 5.91 Å². The summed E-state index contributed by atoms with van der Waals surface area (Å²) in [4.78, 5) is 11.6. The highest BCUT2D eigenvalue weighted by Gasteiger charge is 2.06. The molecule has 88 valence electrons. The van der Waals surface area contributed by atoms with Gasteiger partial charge >= 0.3 is 0 Å². The van der Waals surface area contributed by atoms with Gasteiger partial charge in [-0.1, -0.05) is 19.1 Å². The minimum atomic E-state index is 0.0345. The van der Waals surface area contributed by atoms with Gasteiger partial charge in [-0.05, 0) is 41.0 Å². The summed E-state index contributed by atoms with van der Waals surface area (Å²) in [6, 6.07) is 5.82. The van der Waals surface area contributed by atoms with Gasteiger partial charge in [0.05, 0.1) is 5.69 Å². The summed E-state index contributed by atoms with van der Waals surface area (Å²) < 4.78 is 0.951. The predicted octanol–water partition coefficient (Wildman–Crippen LogP) is 2.70. The minimum absolute atomic E-state index is 0.0345. The lowest BCUT2D eigenvalue weighted by Gasteiger charge is -2.09. The van der Waals surface area contributed by atoms with Crippen LogP contribution in [0.4, 0.5) is 5.69 Å². The second kappa shape index (κ2) is 6.66. The lowest BCUT2D eigenvalue weighted by Crippen LogP contribution is -2.21. The van der Waals surface area contributed by atoms with Gasteiger partial charge in [0, 0.05) is 17.4 Å². The van der Waals surface area contributed by atoms with Crippen molar-refractivity contribution < 1.29 is 4.79 Å². The molecule has 3 nitrogen and oxygen atoms in total. The van der Waals surface area contributed by atoms with Gasteiger partial charge in [0.25, 0.3) is 0 Å². The Kier molecular flexibility index (Phi) is 5.49. The predicted molar refractivity (Wildman–Crippen MR) is 70.7 cm³/mol. The summed E-state index contributed by atoms with van der Waals surface area (Å²) in [5.41, 5.74) is 1.95. The summed E-state index contributed by atoms with van der Waals surface area (Å²) in [5.74, 6) is 0.0345. The molecule has 4 heteroatoms. The van der Waals surface area contributed by atoms with E-state index < -0.39 is 0 Å². The Balaban J connectivity index is 2.53. The van der Waals surface area contributed by atoms with Gasteiger partial charge in [-0.15, -0.1) is 0 Å². The summed E-state index contributed by atoms with van der Waals surface area (Å²) in [6.07, 6.45) is 0.494. The van der Waals surface area contributed by atoms with E-state index >= 15 is 0 Å². The number of aryl methyl sites for hydroxylation is 1. The highest BCUT2D eigenvalue weighted by molar-refractivity contribution is 9.10. The maximum Gasteiger partial charge on any atom is 0.225 e. The number of benzene rings is 1. The number of carbonyl (C=O) groups excluding carboxylic acids is 1. The Bertz CT molecular complexity index is 366. The molecule has 0 aliphatic rings. The maximum atomic E-state index is 11.6. The molecule has 0 saturated heterocycles. The minimum Gasteiger partial charge on any atom is -0.325 e. The topological polar surface area (TPSA) is 41.1 Å². The number of carbonyl (C=O) groups is 1. The Morgan fingerprint density at radius 3 is 2.88 bits per heavy atom. The van der Waals surface area contributed by atoms with Gasteiger partial charge in [0.15, 0.2) is 0 Å². The van der Waals surface area contributed by atoms with Crippen molar-refractivity contribution in [3.63, 3.8) is 0 Å². The van der Waals surface area contributed by atoms with Crippen LogP contribution in [-0.2, 0) is 4.79 Å². The molecule has 1 aromatic carbocycles. The van der Waals surface area contributed by atoms with Gasteiger partial charge < -0.3 is 10.6 Å². The summed E-state index contributed by atoms with van der Waals surface area (Å²) in [5, 5.41) is 6.00. The molecule has 16 heavy (non-hydrogen) atoms. The van der Waals surface area contributed by atoms with E-state index in [1.54, 1.807) is 0 Å². The third-order valence-corrected chi connectivity index (χ3v) is 3.30. The van der Waals surface area contributed by atoms with Crippen LogP contribution in [0.25, 0.3) is 0 Å². The highest BCUT2D eigenvalue weighted by atomic mass is 79.9. The molecule has 0 bridgehead atoms. The molecule has 0 aromatic heterocycles. The number of amides is 1. The Labute approximate surface area is 105 Å². The van der Waals surface area contributed by atoms with Gasteiger partial charge in [0.1, 0.15) is 0 Å². The second-order valence-electron chi connectivity index (χ2n) is 3.59. The van der Waals surface area contributed by atoms with Crippen molar-refractivity contribution in [1.29, 1.82) is 0 Å². The average molecular weight is 285 g/mol. The van der Waals surface area contributed by atoms with Crippen molar-refractivity contribution in [2.45, 2.75) is 20.3 Å². The zero-order valence-electron chi connectivity index (χ0n) is 9.64. The van der Waals surface area contributed by atoms with E-state index in [1.807, 2.05) is 32.0 Å². The zero-order valence-corrected chi connectivity index (χ0v) is 11.2. The number of hydrogen-bond acceptors (Lipinski definition) is 2. The number of hydrogen-bond donors (Lipinski definition) is 2. The first-order chi connectivity index (χ1) is 7.65. The SMILES string of the molecule is CCNCCC(=O)Nc1cccc(C)c1Br. The summed E-state index contributed by atoms with van der Waals surface area (Å²) >= 11 is 3.46. The number of rotatable bonds is 5. The quantitative estimate of drug-likeness (QED) is 0.817. The molecule has 0 aliphatic heterocycles. The van der Waals surface area contributed by atoms with E-state index in [2.05, 4.69) is 26.6 Å². The molecule has 2 N–H and O–H groups in total.